The van der Waals surface area contributed by atoms with Crippen LogP contribution in [0.25, 0.3) is 0 Å². The average molecular weight is 181 g/mol. The molecular weight excluding hydrogens is 158 g/mol. The van der Waals surface area contributed by atoms with Crippen LogP contribution in [0.2, 0.25) is 0 Å². The van der Waals surface area contributed by atoms with Gasteiger partial charge in [0, 0.05) is 6.04 Å². The van der Waals surface area contributed by atoms with E-state index in [2.05, 4.69) is 19.2 Å². The fourth-order valence-electron chi connectivity index (χ4n) is 3.21. The highest BCUT2D eigenvalue weighted by Crippen LogP contribution is 2.46. The van der Waals surface area contributed by atoms with Crippen molar-refractivity contribution in [2.24, 2.45) is 11.3 Å². The van der Waals surface area contributed by atoms with E-state index in [0.717, 1.165) is 12.0 Å². The minimum Gasteiger partial charge on any atom is -0.314 e. The van der Waals surface area contributed by atoms with Crippen molar-refractivity contribution < 1.29 is 0 Å². The minimum absolute atomic E-state index is 0.685. The molecule has 1 saturated heterocycles. The number of piperidine rings is 1. The Morgan fingerprint density at radius 2 is 1.77 bits per heavy atom. The van der Waals surface area contributed by atoms with Gasteiger partial charge in [-0.2, -0.15) is 0 Å². The monoisotopic (exact) mass is 181 g/mol. The molecule has 1 nitrogen and oxygen atoms in total. The van der Waals surface area contributed by atoms with E-state index in [-0.39, 0.29) is 0 Å². The molecule has 1 N–H and O–H groups in total. The van der Waals surface area contributed by atoms with Gasteiger partial charge in [0.25, 0.3) is 0 Å². The van der Waals surface area contributed by atoms with E-state index in [1.807, 2.05) is 0 Å². The maximum absolute atomic E-state index is 3.66. The molecule has 0 aromatic carbocycles. The average Bonchev–Trinajstić information content (AvgIpc) is 2.15. The molecule has 1 aliphatic carbocycles. The van der Waals surface area contributed by atoms with Crippen LogP contribution in [0.5, 0.6) is 0 Å². The lowest BCUT2D eigenvalue weighted by atomic mass is 9.63. The molecular formula is C12H23N. The van der Waals surface area contributed by atoms with Crippen molar-refractivity contribution in [3.8, 4) is 0 Å². The van der Waals surface area contributed by atoms with Crippen LogP contribution in [-0.2, 0) is 0 Å². The highest BCUT2D eigenvalue weighted by atomic mass is 14.9. The van der Waals surface area contributed by atoms with E-state index >= 15 is 0 Å². The first-order valence-corrected chi connectivity index (χ1v) is 5.96. The van der Waals surface area contributed by atoms with Crippen molar-refractivity contribution in [1.82, 2.24) is 5.32 Å². The van der Waals surface area contributed by atoms with Crippen LogP contribution in [-0.4, -0.2) is 12.6 Å². The lowest BCUT2D eigenvalue weighted by molar-refractivity contribution is 0.0726. The number of hydrogen-bond acceptors (Lipinski definition) is 1. The smallest absolute Gasteiger partial charge is 0.00951 e. The van der Waals surface area contributed by atoms with Gasteiger partial charge in [-0.1, -0.05) is 19.8 Å². The van der Waals surface area contributed by atoms with Crippen molar-refractivity contribution >= 4 is 0 Å². The van der Waals surface area contributed by atoms with Gasteiger partial charge < -0.3 is 5.32 Å². The zero-order valence-electron chi connectivity index (χ0n) is 9.10. The Hall–Kier alpha value is -0.0400. The second-order valence-electron chi connectivity index (χ2n) is 5.32. The summed E-state index contributed by atoms with van der Waals surface area (Å²) in [4.78, 5) is 0. The van der Waals surface area contributed by atoms with E-state index in [0.29, 0.717) is 5.41 Å². The normalized spacial score (nSPS) is 46.6. The molecule has 1 heterocycles. The van der Waals surface area contributed by atoms with Crippen molar-refractivity contribution in [2.75, 3.05) is 6.54 Å². The summed E-state index contributed by atoms with van der Waals surface area (Å²) in [7, 11) is 0. The van der Waals surface area contributed by atoms with Crippen LogP contribution in [0, 0.1) is 11.3 Å². The molecule has 2 rings (SSSR count). The van der Waals surface area contributed by atoms with Gasteiger partial charge in [0.1, 0.15) is 0 Å². The fraction of sp³-hybridized carbons (Fsp3) is 1.00. The zero-order valence-corrected chi connectivity index (χ0v) is 9.10. The molecule has 1 aliphatic heterocycles. The van der Waals surface area contributed by atoms with Gasteiger partial charge in [-0.25, -0.2) is 0 Å². The van der Waals surface area contributed by atoms with Crippen molar-refractivity contribution in [1.29, 1.82) is 0 Å². The largest absolute Gasteiger partial charge is 0.314 e. The van der Waals surface area contributed by atoms with E-state index in [1.165, 1.54) is 45.1 Å². The minimum atomic E-state index is 0.685. The van der Waals surface area contributed by atoms with Gasteiger partial charge in [-0.15, -0.1) is 0 Å². The highest BCUT2D eigenvalue weighted by molar-refractivity contribution is 4.94. The number of hydrogen-bond donors (Lipinski definition) is 1. The Bertz CT molecular complexity index is 168. The number of nitrogens with one attached hydrogen (secondary N) is 1. The van der Waals surface area contributed by atoms with E-state index in [4.69, 9.17) is 0 Å². The molecule has 1 spiro atoms. The lowest BCUT2D eigenvalue weighted by Crippen LogP contribution is -2.49. The molecule has 0 aromatic heterocycles. The van der Waals surface area contributed by atoms with Crippen molar-refractivity contribution in [3.05, 3.63) is 0 Å². The van der Waals surface area contributed by atoms with Gasteiger partial charge in [0.2, 0.25) is 0 Å². The summed E-state index contributed by atoms with van der Waals surface area (Å²) in [5, 5.41) is 3.66. The van der Waals surface area contributed by atoms with Crippen LogP contribution in [0.15, 0.2) is 0 Å². The Kier molecular flexibility index (Phi) is 2.64. The standard InChI is InChI=1S/C12H23N/c1-10-4-7-12(8-5-10)6-3-9-13-11(12)2/h10-11,13H,3-9H2,1-2H3/t10?,11-,12?/m1/s1. The summed E-state index contributed by atoms with van der Waals surface area (Å²) in [6, 6.07) is 0.772. The summed E-state index contributed by atoms with van der Waals surface area (Å²) in [6.45, 7) is 6.06. The summed E-state index contributed by atoms with van der Waals surface area (Å²) < 4.78 is 0. The number of rotatable bonds is 0. The SMILES string of the molecule is CC1CCC2(CCCN[C@@H]2C)CC1. The van der Waals surface area contributed by atoms with Crippen LogP contribution in [0.1, 0.15) is 52.4 Å². The van der Waals surface area contributed by atoms with Crippen LogP contribution >= 0.6 is 0 Å². The zero-order chi connectivity index (χ0) is 9.31. The molecule has 1 atom stereocenters. The van der Waals surface area contributed by atoms with Gasteiger partial charge >= 0.3 is 0 Å². The molecule has 0 bridgehead atoms. The van der Waals surface area contributed by atoms with Crippen LogP contribution in [0.3, 0.4) is 0 Å². The molecule has 0 radical (unpaired) electrons. The van der Waals surface area contributed by atoms with E-state index in [9.17, 15) is 0 Å². The first kappa shape index (κ1) is 9.51. The van der Waals surface area contributed by atoms with Gasteiger partial charge in [-0.3, -0.25) is 0 Å². The Labute approximate surface area is 82.3 Å². The molecule has 1 saturated carbocycles. The van der Waals surface area contributed by atoms with Crippen LogP contribution in [0.4, 0.5) is 0 Å². The van der Waals surface area contributed by atoms with Gasteiger partial charge in [0.15, 0.2) is 0 Å². The Morgan fingerprint density at radius 3 is 2.38 bits per heavy atom. The second kappa shape index (κ2) is 3.61. The predicted octanol–water partition coefficient (Wildman–Crippen LogP) is 2.95. The third-order valence-electron chi connectivity index (χ3n) is 4.49. The lowest BCUT2D eigenvalue weighted by Gasteiger charge is -2.47. The maximum Gasteiger partial charge on any atom is 0.00951 e. The summed E-state index contributed by atoms with van der Waals surface area (Å²) in [6.07, 6.45) is 8.76. The van der Waals surface area contributed by atoms with E-state index < -0.39 is 0 Å². The molecule has 0 amide bonds. The third-order valence-corrected chi connectivity index (χ3v) is 4.49. The fourth-order valence-corrected chi connectivity index (χ4v) is 3.21. The van der Waals surface area contributed by atoms with Gasteiger partial charge in [0.05, 0.1) is 0 Å². The quantitative estimate of drug-likeness (QED) is 0.606. The highest BCUT2D eigenvalue weighted by Gasteiger charge is 2.39. The molecule has 76 valence electrons. The molecule has 2 aliphatic rings. The second-order valence-corrected chi connectivity index (χ2v) is 5.32. The molecule has 1 heteroatoms. The Morgan fingerprint density at radius 1 is 1.08 bits per heavy atom. The molecule has 0 unspecified atom stereocenters. The molecule has 13 heavy (non-hydrogen) atoms. The summed E-state index contributed by atoms with van der Waals surface area (Å²) in [5.74, 6) is 0.986. The van der Waals surface area contributed by atoms with Crippen molar-refractivity contribution in [2.45, 2.75) is 58.4 Å². The maximum atomic E-state index is 3.66. The summed E-state index contributed by atoms with van der Waals surface area (Å²) >= 11 is 0. The summed E-state index contributed by atoms with van der Waals surface area (Å²) in [5.41, 5.74) is 0.685. The first-order valence-electron chi connectivity index (χ1n) is 5.96. The Balaban J connectivity index is 2.01. The third kappa shape index (κ3) is 1.76. The molecule has 2 fully saturated rings. The predicted molar refractivity (Wildman–Crippen MR) is 56.8 cm³/mol. The van der Waals surface area contributed by atoms with Crippen LogP contribution < -0.4 is 5.32 Å². The molecule has 0 aromatic rings. The first-order chi connectivity index (χ1) is 6.23. The topological polar surface area (TPSA) is 12.0 Å². The van der Waals surface area contributed by atoms with Gasteiger partial charge in [-0.05, 0) is 50.5 Å². The van der Waals surface area contributed by atoms with Crippen molar-refractivity contribution in [3.63, 3.8) is 0 Å². The van der Waals surface area contributed by atoms with E-state index in [1.54, 1.807) is 0 Å².